The quantitative estimate of drug-likeness (QED) is 0.839. The number of hydrogen-bond acceptors (Lipinski definition) is 5. The molecule has 0 saturated carbocycles. The van der Waals surface area contributed by atoms with Crippen molar-refractivity contribution in [2.75, 3.05) is 33.9 Å². The van der Waals surface area contributed by atoms with Crippen molar-refractivity contribution in [1.82, 2.24) is 20.0 Å². The molecule has 0 spiro atoms. The molecule has 5 rings (SSSR count). The number of carbonyl (C=O) groups excluding carboxylic acids is 1. The normalized spacial score (nSPS) is 21.3. The van der Waals surface area contributed by atoms with Gasteiger partial charge in [-0.25, -0.2) is 0 Å². The Labute approximate surface area is 177 Å². The first-order valence-electron chi connectivity index (χ1n) is 11.0. The molecule has 0 bridgehead atoms. The number of rotatable bonds is 4. The van der Waals surface area contributed by atoms with Gasteiger partial charge in [-0.3, -0.25) is 14.8 Å². The Morgan fingerprint density at radius 1 is 1.07 bits per heavy atom. The number of hydrogen-bond donors (Lipinski definition) is 1. The van der Waals surface area contributed by atoms with Gasteiger partial charge in [-0.1, -0.05) is 0 Å². The summed E-state index contributed by atoms with van der Waals surface area (Å²) in [6.45, 7) is 3.50. The van der Waals surface area contributed by atoms with E-state index in [0.29, 0.717) is 11.7 Å². The zero-order chi connectivity index (χ0) is 20.7. The molecule has 2 aromatic rings. The second-order valence-electron chi connectivity index (χ2n) is 8.63. The van der Waals surface area contributed by atoms with E-state index in [1.165, 1.54) is 11.1 Å². The molecule has 1 atom stereocenters. The van der Waals surface area contributed by atoms with Gasteiger partial charge < -0.3 is 14.4 Å². The molecule has 7 nitrogen and oxygen atoms in total. The van der Waals surface area contributed by atoms with Crippen LogP contribution in [0.5, 0.6) is 11.5 Å². The lowest BCUT2D eigenvalue weighted by molar-refractivity contribution is 0.0542. The molecule has 160 valence electrons. The molecule has 3 heterocycles. The van der Waals surface area contributed by atoms with Crippen molar-refractivity contribution in [3.8, 4) is 11.5 Å². The van der Waals surface area contributed by atoms with Gasteiger partial charge in [-0.05, 0) is 61.8 Å². The Bertz CT molecular complexity index is 954. The van der Waals surface area contributed by atoms with E-state index in [0.717, 1.165) is 87.5 Å². The Hall–Kier alpha value is -2.54. The molecule has 1 aromatic carbocycles. The van der Waals surface area contributed by atoms with Gasteiger partial charge in [0.15, 0.2) is 17.2 Å². The molecule has 1 aliphatic carbocycles. The highest BCUT2D eigenvalue weighted by Gasteiger charge is 2.33. The van der Waals surface area contributed by atoms with Crippen molar-refractivity contribution in [2.24, 2.45) is 0 Å². The highest BCUT2D eigenvalue weighted by Crippen LogP contribution is 2.34. The third kappa shape index (κ3) is 3.35. The van der Waals surface area contributed by atoms with Crippen LogP contribution >= 0.6 is 0 Å². The first kappa shape index (κ1) is 19.4. The second-order valence-corrected chi connectivity index (χ2v) is 8.63. The van der Waals surface area contributed by atoms with Crippen molar-refractivity contribution in [3.63, 3.8) is 0 Å². The second kappa shape index (κ2) is 7.95. The average molecular weight is 411 g/mol. The van der Waals surface area contributed by atoms with E-state index in [1.807, 2.05) is 4.90 Å². The summed E-state index contributed by atoms with van der Waals surface area (Å²) in [5, 5.41) is 7.44. The minimum absolute atomic E-state index is 0.0999. The van der Waals surface area contributed by atoms with Gasteiger partial charge in [-0.2, -0.15) is 5.10 Å². The van der Waals surface area contributed by atoms with Gasteiger partial charge in [0.05, 0.1) is 14.2 Å². The molecule has 3 aliphatic rings. The van der Waals surface area contributed by atoms with Gasteiger partial charge in [0.1, 0.15) is 0 Å². The summed E-state index contributed by atoms with van der Waals surface area (Å²) in [4.78, 5) is 17.7. The molecule has 2 aliphatic heterocycles. The van der Waals surface area contributed by atoms with Crippen LogP contribution in [0.25, 0.3) is 0 Å². The number of amides is 1. The monoisotopic (exact) mass is 410 g/mol. The number of ether oxygens (including phenoxy) is 2. The molecule has 1 aromatic heterocycles. The number of H-pyrrole nitrogens is 1. The van der Waals surface area contributed by atoms with Gasteiger partial charge in [0, 0.05) is 43.5 Å². The summed E-state index contributed by atoms with van der Waals surface area (Å²) in [6, 6.07) is 4.61. The summed E-state index contributed by atoms with van der Waals surface area (Å²) in [6.07, 6.45) is 6.27. The van der Waals surface area contributed by atoms with Crippen molar-refractivity contribution in [2.45, 2.75) is 51.1 Å². The first-order valence-corrected chi connectivity index (χ1v) is 11.0. The summed E-state index contributed by atoms with van der Waals surface area (Å²) in [7, 11) is 3.36. The molecular weight excluding hydrogens is 380 g/mol. The zero-order valence-corrected chi connectivity index (χ0v) is 17.9. The van der Waals surface area contributed by atoms with Gasteiger partial charge in [0.25, 0.3) is 5.91 Å². The number of benzene rings is 1. The number of aromatic amines is 1. The minimum atomic E-state index is 0.0999. The zero-order valence-electron chi connectivity index (χ0n) is 17.9. The summed E-state index contributed by atoms with van der Waals surface area (Å²) < 4.78 is 11.0. The summed E-state index contributed by atoms with van der Waals surface area (Å²) in [5.74, 6) is 1.68. The number of nitrogens with one attached hydrogen (secondary N) is 1. The molecule has 0 radical (unpaired) electrons. The SMILES string of the molecule is COc1cc2c(cc1OC)CN(C1CCCN(C(=O)c3n[nH]c4c3CCC4)C1)CC2. The lowest BCUT2D eigenvalue weighted by Crippen LogP contribution is -2.51. The lowest BCUT2D eigenvalue weighted by atomic mass is 9.95. The van der Waals surface area contributed by atoms with E-state index in [1.54, 1.807) is 14.2 Å². The van der Waals surface area contributed by atoms with Crippen LogP contribution in [-0.2, 0) is 25.8 Å². The van der Waals surface area contributed by atoms with Gasteiger partial charge in [-0.15, -0.1) is 0 Å². The van der Waals surface area contributed by atoms with E-state index >= 15 is 0 Å². The fourth-order valence-electron chi connectivity index (χ4n) is 5.30. The molecule has 30 heavy (non-hydrogen) atoms. The van der Waals surface area contributed by atoms with Crippen LogP contribution in [0.4, 0.5) is 0 Å². The number of methoxy groups -OCH3 is 2. The van der Waals surface area contributed by atoms with Crippen LogP contribution in [0.15, 0.2) is 12.1 Å². The fraction of sp³-hybridized carbons (Fsp3) is 0.565. The summed E-state index contributed by atoms with van der Waals surface area (Å²) in [5.41, 5.74) is 5.59. The van der Waals surface area contributed by atoms with Crippen LogP contribution < -0.4 is 9.47 Å². The van der Waals surface area contributed by atoms with E-state index in [-0.39, 0.29) is 5.91 Å². The highest BCUT2D eigenvalue weighted by molar-refractivity contribution is 5.94. The smallest absolute Gasteiger partial charge is 0.274 e. The number of aryl methyl sites for hydroxylation is 1. The Morgan fingerprint density at radius 3 is 2.67 bits per heavy atom. The van der Waals surface area contributed by atoms with Crippen molar-refractivity contribution in [3.05, 3.63) is 40.2 Å². The van der Waals surface area contributed by atoms with Crippen LogP contribution in [0.2, 0.25) is 0 Å². The van der Waals surface area contributed by atoms with Crippen molar-refractivity contribution < 1.29 is 14.3 Å². The number of fused-ring (bicyclic) bond motifs is 2. The maximum atomic E-state index is 13.2. The number of piperidine rings is 1. The Kier molecular flexibility index (Phi) is 5.15. The number of carbonyl (C=O) groups is 1. The number of likely N-dealkylation sites (tertiary alicyclic amines) is 1. The van der Waals surface area contributed by atoms with E-state index in [9.17, 15) is 4.79 Å². The maximum Gasteiger partial charge on any atom is 0.274 e. The number of aromatic nitrogens is 2. The molecule has 1 N–H and O–H groups in total. The maximum absolute atomic E-state index is 13.2. The molecule has 1 amide bonds. The standard InChI is InChI=1S/C23H30N4O3/c1-29-20-11-15-8-10-26(13-16(15)12-21(20)30-2)17-5-4-9-27(14-17)23(28)22-18-6-3-7-19(18)24-25-22/h11-12,17H,3-10,13-14H2,1-2H3,(H,24,25). The van der Waals surface area contributed by atoms with Crippen LogP contribution in [-0.4, -0.2) is 65.8 Å². The van der Waals surface area contributed by atoms with Crippen LogP contribution in [0, 0.1) is 0 Å². The molecule has 1 fully saturated rings. The number of nitrogens with zero attached hydrogens (tertiary/aromatic N) is 3. The first-order chi connectivity index (χ1) is 14.7. The van der Waals surface area contributed by atoms with Gasteiger partial charge in [0.2, 0.25) is 0 Å². The third-order valence-electron chi connectivity index (χ3n) is 6.96. The third-order valence-corrected chi connectivity index (χ3v) is 6.96. The predicted octanol–water partition coefficient (Wildman–Crippen LogP) is 2.58. The Balaban J connectivity index is 1.30. The lowest BCUT2D eigenvalue weighted by Gasteiger charge is -2.41. The largest absolute Gasteiger partial charge is 0.493 e. The summed E-state index contributed by atoms with van der Waals surface area (Å²) >= 11 is 0. The van der Waals surface area contributed by atoms with Crippen LogP contribution in [0.3, 0.4) is 0 Å². The molecular formula is C23H30N4O3. The molecule has 1 unspecified atom stereocenters. The van der Waals surface area contributed by atoms with Crippen LogP contribution in [0.1, 0.15) is 52.1 Å². The highest BCUT2D eigenvalue weighted by atomic mass is 16.5. The van der Waals surface area contributed by atoms with Crippen molar-refractivity contribution in [1.29, 1.82) is 0 Å². The van der Waals surface area contributed by atoms with Crippen molar-refractivity contribution >= 4 is 5.91 Å². The van der Waals surface area contributed by atoms with E-state index in [4.69, 9.17) is 9.47 Å². The molecule has 1 saturated heterocycles. The average Bonchev–Trinajstić information content (AvgIpc) is 3.41. The van der Waals surface area contributed by atoms with E-state index in [2.05, 4.69) is 27.2 Å². The minimum Gasteiger partial charge on any atom is -0.493 e. The predicted molar refractivity (Wildman–Crippen MR) is 113 cm³/mol. The van der Waals surface area contributed by atoms with Gasteiger partial charge >= 0.3 is 0 Å². The topological polar surface area (TPSA) is 70.7 Å². The molecule has 7 heteroatoms. The van der Waals surface area contributed by atoms with E-state index < -0.39 is 0 Å². The fourth-order valence-corrected chi connectivity index (χ4v) is 5.30. The Morgan fingerprint density at radius 2 is 1.87 bits per heavy atom.